The zero-order valence-corrected chi connectivity index (χ0v) is 7.30. The van der Waals surface area contributed by atoms with Crippen LogP contribution in [0.5, 0.6) is 0 Å². The molecule has 76 valence electrons. The lowest BCUT2D eigenvalue weighted by atomic mass is 10.1. The van der Waals surface area contributed by atoms with Gasteiger partial charge >= 0.3 is 0 Å². The number of aliphatic hydroxyl groups excluding tert-OH is 1. The molecule has 0 amide bonds. The van der Waals surface area contributed by atoms with E-state index in [-0.39, 0.29) is 12.0 Å². The molecule has 1 aromatic rings. The molecule has 0 aliphatic rings. The highest BCUT2D eigenvalue weighted by Crippen LogP contribution is 2.21. The first-order chi connectivity index (χ1) is 6.56. The first-order valence-corrected chi connectivity index (χ1v) is 3.99. The molecule has 0 radical (unpaired) electrons. The SMILES string of the molecule is C=CC[C@@H](O)c1cc(F)c(F)c(F)c1. The Morgan fingerprint density at radius 2 is 1.79 bits per heavy atom. The maximum absolute atomic E-state index is 12.7. The van der Waals surface area contributed by atoms with E-state index in [9.17, 15) is 18.3 Å². The zero-order chi connectivity index (χ0) is 10.7. The van der Waals surface area contributed by atoms with E-state index in [1.807, 2.05) is 0 Å². The molecule has 1 N–H and O–H groups in total. The van der Waals surface area contributed by atoms with Crippen LogP contribution in [0, 0.1) is 17.5 Å². The highest BCUT2D eigenvalue weighted by molar-refractivity contribution is 5.21. The van der Waals surface area contributed by atoms with Crippen molar-refractivity contribution in [2.24, 2.45) is 0 Å². The van der Waals surface area contributed by atoms with Gasteiger partial charge in [0.15, 0.2) is 17.5 Å². The third-order valence-electron chi connectivity index (χ3n) is 1.78. The third kappa shape index (κ3) is 2.14. The topological polar surface area (TPSA) is 20.2 Å². The van der Waals surface area contributed by atoms with Gasteiger partial charge in [-0.1, -0.05) is 6.08 Å². The van der Waals surface area contributed by atoms with Gasteiger partial charge in [0.05, 0.1) is 6.10 Å². The minimum absolute atomic E-state index is 0.00120. The van der Waals surface area contributed by atoms with Crippen LogP contribution in [0.25, 0.3) is 0 Å². The minimum Gasteiger partial charge on any atom is -0.388 e. The van der Waals surface area contributed by atoms with Crippen LogP contribution in [0.15, 0.2) is 24.8 Å². The summed E-state index contributed by atoms with van der Waals surface area (Å²) >= 11 is 0. The average Bonchev–Trinajstić information content (AvgIpc) is 2.13. The molecule has 0 aromatic heterocycles. The number of halogens is 3. The average molecular weight is 202 g/mol. The molecule has 0 aliphatic carbocycles. The second kappa shape index (κ2) is 4.28. The molecule has 1 nitrogen and oxygen atoms in total. The summed E-state index contributed by atoms with van der Waals surface area (Å²) in [5, 5.41) is 9.33. The lowest BCUT2D eigenvalue weighted by Crippen LogP contribution is -2.00. The van der Waals surface area contributed by atoms with Crippen LogP contribution in [0.4, 0.5) is 13.2 Å². The van der Waals surface area contributed by atoms with E-state index in [1.165, 1.54) is 6.08 Å². The molecule has 0 heterocycles. The van der Waals surface area contributed by atoms with Crippen LogP contribution in [-0.4, -0.2) is 5.11 Å². The van der Waals surface area contributed by atoms with Crippen molar-refractivity contribution in [2.45, 2.75) is 12.5 Å². The number of hydrogen-bond donors (Lipinski definition) is 1. The van der Waals surface area contributed by atoms with Crippen LogP contribution in [0.2, 0.25) is 0 Å². The van der Waals surface area contributed by atoms with E-state index >= 15 is 0 Å². The van der Waals surface area contributed by atoms with Gasteiger partial charge in [0.25, 0.3) is 0 Å². The Bertz CT molecular complexity index is 326. The van der Waals surface area contributed by atoms with Gasteiger partial charge in [-0.15, -0.1) is 6.58 Å². The zero-order valence-electron chi connectivity index (χ0n) is 7.30. The molecule has 4 heteroatoms. The summed E-state index contributed by atoms with van der Waals surface area (Å²) < 4.78 is 37.9. The third-order valence-corrected chi connectivity index (χ3v) is 1.78. The number of benzene rings is 1. The monoisotopic (exact) mass is 202 g/mol. The maximum atomic E-state index is 12.7. The molecule has 0 saturated heterocycles. The number of aliphatic hydroxyl groups is 1. The Balaban J connectivity index is 3.05. The van der Waals surface area contributed by atoms with Gasteiger partial charge in [0, 0.05) is 0 Å². The van der Waals surface area contributed by atoms with Gasteiger partial charge < -0.3 is 5.11 Å². The lowest BCUT2D eigenvalue weighted by Gasteiger charge is -2.08. The van der Waals surface area contributed by atoms with Crippen molar-refractivity contribution in [3.8, 4) is 0 Å². The second-order valence-electron chi connectivity index (χ2n) is 2.84. The molecule has 1 atom stereocenters. The highest BCUT2D eigenvalue weighted by atomic mass is 19.2. The molecule has 0 unspecified atom stereocenters. The molecule has 0 spiro atoms. The molecule has 1 rings (SSSR count). The fourth-order valence-corrected chi connectivity index (χ4v) is 1.06. The Morgan fingerprint density at radius 1 is 1.29 bits per heavy atom. The molecular formula is C10H9F3O. The lowest BCUT2D eigenvalue weighted by molar-refractivity contribution is 0.180. The quantitative estimate of drug-likeness (QED) is 0.590. The molecule has 0 fully saturated rings. The van der Waals surface area contributed by atoms with E-state index in [2.05, 4.69) is 6.58 Å². The smallest absolute Gasteiger partial charge is 0.194 e. The summed E-state index contributed by atoms with van der Waals surface area (Å²) in [6, 6.07) is 1.54. The summed E-state index contributed by atoms with van der Waals surface area (Å²) in [6.45, 7) is 3.37. The van der Waals surface area contributed by atoms with E-state index in [0.717, 1.165) is 12.1 Å². The van der Waals surface area contributed by atoms with Gasteiger partial charge in [-0.25, -0.2) is 13.2 Å². The summed E-state index contributed by atoms with van der Waals surface area (Å²) in [4.78, 5) is 0. The van der Waals surface area contributed by atoms with E-state index in [0.29, 0.717) is 0 Å². The Morgan fingerprint density at radius 3 is 2.21 bits per heavy atom. The minimum atomic E-state index is -1.53. The van der Waals surface area contributed by atoms with Crippen molar-refractivity contribution < 1.29 is 18.3 Å². The van der Waals surface area contributed by atoms with Crippen molar-refractivity contribution in [3.63, 3.8) is 0 Å². The standard InChI is InChI=1S/C10H9F3O/c1-2-3-9(14)6-4-7(11)10(13)8(12)5-6/h2,4-5,9,14H,1,3H2/t9-/m1/s1. The summed E-state index contributed by atoms with van der Waals surface area (Å²) in [6.07, 6.45) is 0.506. The largest absolute Gasteiger partial charge is 0.388 e. The molecule has 0 bridgehead atoms. The van der Waals surface area contributed by atoms with Gasteiger partial charge in [-0.3, -0.25) is 0 Å². The number of rotatable bonds is 3. The van der Waals surface area contributed by atoms with Gasteiger partial charge in [0.2, 0.25) is 0 Å². The molecule has 0 aliphatic heterocycles. The summed E-state index contributed by atoms with van der Waals surface area (Å²) in [7, 11) is 0. The molecule has 14 heavy (non-hydrogen) atoms. The van der Waals surface area contributed by atoms with Gasteiger partial charge in [-0.05, 0) is 24.1 Å². The predicted octanol–water partition coefficient (Wildman–Crippen LogP) is 2.71. The fourth-order valence-electron chi connectivity index (χ4n) is 1.06. The fraction of sp³-hybridized carbons (Fsp3) is 0.200. The Labute approximate surface area is 79.5 Å². The molecule has 0 saturated carbocycles. The predicted molar refractivity (Wildman–Crippen MR) is 46.1 cm³/mol. The van der Waals surface area contributed by atoms with Crippen molar-refractivity contribution in [1.82, 2.24) is 0 Å². The number of hydrogen-bond acceptors (Lipinski definition) is 1. The van der Waals surface area contributed by atoms with Crippen LogP contribution in [-0.2, 0) is 0 Å². The second-order valence-corrected chi connectivity index (χ2v) is 2.84. The van der Waals surface area contributed by atoms with Gasteiger partial charge in [0.1, 0.15) is 0 Å². The van der Waals surface area contributed by atoms with E-state index < -0.39 is 23.6 Å². The Hall–Kier alpha value is -1.29. The van der Waals surface area contributed by atoms with E-state index in [1.54, 1.807) is 0 Å². The molecule has 1 aromatic carbocycles. The first kappa shape index (κ1) is 10.8. The van der Waals surface area contributed by atoms with Crippen LogP contribution >= 0.6 is 0 Å². The van der Waals surface area contributed by atoms with Crippen molar-refractivity contribution in [1.29, 1.82) is 0 Å². The first-order valence-electron chi connectivity index (χ1n) is 3.99. The van der Waals surface area contributed by atoms with Crippen molar-refractivity contribution >= 4 is 0 Å². The highest BCUT2D eigenvalue weighted by Gasteiger charge is 2.14. The van der Waals surface area contributed by atoms with Crippen LogP contribution in [0.3, 0.4) is 0 Å². The molecular weight excluding hydrogens is 193 g/mol. The van der Waals surface area contributed by atoms with Crippen molar-refractivity contribution in [2.75, 3.05) is 0 Å². The Kier molecular flexibility index (Phi) is 3.30. The maximum Gasteiger partial charge on any atom is 0.194 e. The normalized spacial score (nSPS) is 12.6. The van der Waals surface area contributed by atoms with E-state index in [4.69, 9.17) is 0 Å². The summed E-state index contributed by atoms with van der Waals surface area (Å²) in [5.41, 5.74) is 0.00120. The summed E-state index contributed by atoms with van der Waals surface area (Å²) in [5.74, 6) is -4.13. The van der Waals surface area contributed by atoms with Gasteiger partial charge in [-0.2, -0.15) is 0 Å². The van der Waals surface area contributed by atoms with Crippen molar-refractivity contribution in [3.05, 3.63) is 47.8 Å². The van der Waals surface area contributed by atoms with Crippen LogP contribution < -0.4 is 0 Å². The van der Waals surface area contributed by atoms with Crippen LogP contribution in [0.1, 0.15) is 18.1 Å².